The van der Waals surface area contributed by atoms with Crippen LogP contribution in [0.4, 0.5) is 5.00 Å². The molecule has 1 saturated carbocycles. The Morgan fingerprint density at radius 2 is 1.89 bits per heavy atom. The Morgan fingerprint density at radius 3 is 2.32 bits per heavy atom. The lowest BCUT2D eigenvalue weighted by Gasteiger charge is -2.12. The van der Waals surface area contributed by atoms with E-state index in [4.69, 9.17) is 28.9 Å². The summed E-state index contributed by atoms with van der Waals surface area (Å²) in [4.78, 5) is 24.6. The van der Waals surface area contributed by atoms with Crippen LogP contribution >= 0.6 is 34.5 Å². The maximum absolute atomic E-state index is 12.2. The summed E-state index contributed by atoms with van der Waals surface area (Å²) in [5.74, 6) is -0.845. The molecule has 0 spiro atoms. The predicted molar refractivity (Wildman–Crippen MR) is 78.1 cm³/mol. The minimum atomic E-state index is -1.04. The van der Waals surface area contributed by atoms with Gasteiger partial charge in [0.1, 0.15) is 9.33 Å². The van der Waals surface area contributed by atoms with Gasteiger partial charge in [0.2, 0.25) is 5.91 Å². The minimum absolute atomic E-state index is 0.291. The van der Waals surface area contributed by atoms with Crippen molar-refractivity contribution in [2.75, 3.05) is 5.32 Å². The van der Waals surface area contributed by atoms with Crippen molar-refractivity contribution in [2.45, 2.75) is 31.5 Å². The van der Waals surface area contributed by atoms with E-state index in [0.29, 0.717) is 17.0 Å². The second-order valence-corrected chi connectivity index (χ2v) is 7.73. The second-order valence-electron chi connectivity index (χ2n) is 5.02. The maximum atomic E-state index is 12.2. The van der Waals surface area contributed by atoms with Gasteiger partial charge < -0.3 is 11.1 Å². The number of rotatable bonds is 3. The van der Waals surface area contributed by atoms with Crippen LogP contribution in [-0.2, 0) is 4.79 Å². The third-order valence-corrected chi connectivity index (χ3v) is 5.84. The van der Waals surface area contributed by atoms with Crippen LogP contribution in [0.5, 0.6) is 0 Å². The van der Waals surface area contributed by atoms with Crippen LogP contribution < -0.4 is 11.1 Å². The van der Waals surface area contributed by atoms with Gasteiger partial charge in [-0.2, -0.15) is 0 Å². The Hall–Kier alpha value is -0.780. The number of alkyl halides is 2. The van der Waals surface area contributed by atoms with Crippen LogP contribution in [-0.4, -0.2) is 16.1 Å². The fraction of sp³-hybridized carbons (Fsp3) is 0.500. The largest absolute Gasteiger partial charge is 0.365 e. The number of amides is 2. The number of aryl methyl sites for hydroxylation is 1. The molecule has 1 atom stereocenters. The number of anilines is 1. The van der Waals surface area contributed by atoms with E-state index in [2.05, 4.69) is 5.32 Å². The topological polar surface area (TPSA) is 72.2 Å². The van der Waals surface area contributed by atoms with Gasteiger partial charge in [0.25, 0.3) is 5.91 Å². The molecule has 3 N–H and O–H groups in total. The lowest BCUT2D eigenvalue weighted by Crippen LogP contribution is -2.26. The number of primary amides is 1. The molecule has 2 amide bonds. The SMILES string of the molecule is Cc1sc(NC(=O)C2(C)CC2(Cl)Cl)c(C(N)=O)c1C. The van der Waals surface area contributed by atoms with Crippen molar-refractivity contribution < 1.29 is 9.59 Å². The molecule has 1 unspecified atom stereocenters. The van der Waals surface area contributed by atoms with Crippen molar-refractivity contribution in [3.05, 3.63) is 16.0 Å². The molecule has 7 heteroatoms. The molecule has 0 radical (unpaired) electrons. The van der Waals surface area contributed by atoms with Gasteiger partial charge >= 0.3 is 0 Å². The van der Waals surface area contributed by atoms with E-state index in [9.17, 15) is 9.59 Å². The molecule has 104 valence electrons. The molecule has 0 aliphatic heterocycles. The summed E-state index contributed by atoms with van der Waals surface area (Å²) in [6.45, 7) is 5.36. The average molecular weight is 321 g/mol. The lowest BCUT2D eigenvalue weighted by molar-refractivity contribution is -0.120. The Labute approximate surface area is 125 Å². The van der Waals surface area contributed by atoms with Crippen molar-refractivity contribution in [2.24, 2.45) is 11.1 Å². The highest BCUT2D eigenvalue weighted by Crippen LogP contribution is 2.64. The number of carbonyl (C=O) groups is 2. The number of carbonyl (C=O) groups excluding carboxylic acids is 2. The van der Waals surface area contributed by atoms with Crippen molar-refractivity contribution in [3.8, 4) is 0 Å². The standard InChI is InChI=1S/C12H14Cl2N2O2S/c1-5-6(2)19-9(7(5)8(15)17)16-10(18)11(3)4-12(11,13)14/h4H2,1-3H3,(H2,15,17)(H,16,18). The van der Waals surface area contributed by atoms with Gasteiger partial charge in [0.15, 0.2) is 0 Å². The van der Waals surface area contributed by atoms with Crippen LogP contribution in [0.3, 0.4) is 0 Å². The molecule has 1 heterocycles. The van der Waals surface area contributed by atoms with Gasteiger partial charge in [-0.25, -0.2) is 0 Å². The summed E-state index contributed by atoms with van der Waals surface area (Å²) in [6, 6.07) is 0. The van der Waals surface area contributed by atoms with E-state index in [1.54, 1.807) is 13.8 Å². The minimum Gasteiger partial charge on any atom is -0.365 e. The Bertz CT molecular complexity index is 583. The zero-order chi connectivity index (χ0) is 14.6. The predicted octanol–water partition coefficient (Wildman–Crippen LogP) is 2.99. The van der Waals surface area contributed by atoms with Crippen LogP contribution in [0.2, 0.25) is 0 Å². The molecule has 1 aromatic heterocycles. The molecular weight excluding hydrogens is 307 g/mol. The third-order valence-electron chi connectivity index (χ3n) is 3.62. The molecular formula is C12H14Cl2N2O2S. The first-order chi connectivity index (χ1) is 8.60. The number of thiophene rings is 1. The first-order valence-corrected chi connectivity index (χ1v) is 7.26. The normalized spacial score (nSPS) is 24.1. The highest BCUT2D eigenvalue weighted by molar-refractivity contribution is 7.16. The van der Waals surface area contributed by atoms with Gasteiger partial charge in [0.05, 0.1) is 11.0 Å². The number of nitrogens with two attached hydrogens (primary N) is 1. The summed E-state index contributed by atoms with van der Waals surface area (Å²) < 4.78 is -1.04. The molecule has 0 bridgehead atoms. The molecule has 4 nitrogen and oxygen atoms in total. The smallest absolute Gasteiger partial charge is 0.251 e. The van der Waals surface area contributed by atoms with E-state index < -0.39 is 15.7 Å². The van der Waals surface area contributed by atoms with Gasteiger partial charge in [-0.3, -0.25) is 9.59 Å². The third kappa shape index (κ3) is 2.24. The van der Waals surface area contributed by atoms with E-state index in [1.807, 2.05) is 6.92 Å². The van der Waals surface area contributed by atoms with E-state index >= 15 is 0 Å². The summed E-state index contributed by atoms with van der Waals surface area (Å²) in [6.07, 6.45) is 0.393. The van der Waals surface area contributed by atoms with E-state index in [0.717, 1.165) is 10.4 Å². The Morgan fingerprint density at radius 1 is 1.37 bits per heavy atom. The van der Waals surface area contributed by atoms with Crippen molar-refractivity contribution >= 4 is 51.4 Å². The highest BCUT2D eigenvalue weighted by Gasteiger charge is 2.68. The first-order valence-electron chi connectivity index (χ1n) is 5.69. The number of hydrogen-bond acceptors (Lipinski definition) is 3. The summed E-state index contributed by atoms with van der Waals surface area (Å²) in [5.41, 5.74) is 5.67. The molecule has 2 rings (SSSR count). The maximum Gasteiger partial charge on any atom is 0.251 e. The average Bonchev–Trinajstić information content (AvgIpc) is 2.64. The highest BCUT2D eigenvalue weighted by atomic mass is 35.5. The number of hydrogen-bond donors (Lipinski definition) is 2. The summed E-state index contributed by atoms with van der Waals surface area (Å²) in [5, 5.41) is 3.18. The first kappa shape index (κ1) is 14.6. The molecule has 19 heavy (non-hydrogen) atoms. The van der Waals surface area contributed by atoms with E-state index in [-0.39, 0.29) is 5.91 Å². The van der Waals surface area contributed by atoms with Gasteiger partial charge in [-0.05, 0) is 32.8 Å². The molecule has 1 aromatic rings. The Balaban J connectivity index is 2.28. The zero-order valence-corrected chi connectivity index (χ0v) is 13.1. The lowest BCUT2D eigenvalue weighted by atomic mass is 10.1. The van der Waals surface area contributed by atoms with Crippen LogP contribution in [0.15, 0.2) is 0 Å². The van der Waals surface area contributed by atoms with Crippen molar-refractivity contribution in [1.82, 2.24) is 0 Å². The van der Waals surface area contributed by atoms with Crippen molar-refractivity contribution in [1.29, 1.82) is 0 Å². The fourth-order valence-electron chi connectivity index (χ4n) is 1.90. The summed E-state index contributed by atoms with van der Waals surface area (Å²) >= 11 is 13.3. The number of nitrogens with one attached hydrogen (secondary N) is 1. The van der Waals surface area contributed by atoms with Gasteiger partial charge in [0, 0.05) is 4.88 Å². The van der Waals surface area contributed by atoms with Crippen molar-refractivity contribution in [3.63, 3.8) is 0 Å². The van der Waals surface area contributed by atoms with Crippen LogP contribution in [0.25, 0.3) is 0 Å². The molecule has 1 aliphatic carbocycles. The molecule has 0 saturated heterocycles. The second kappa shape index (κ2) is 4.36. The quantitative estimate of drug-likeness (QED) is 0.840. The number of halogens is 2. The zero-order valence-electron chi connectivity index (χ0n) is 10.8. The van der Waals surface area contributed by atoms with Crippen LogP contribution in [0.1, 0.15) is 34.1 Å². The molecule has 1 aliphatic rings. The van der Waals surface area contributed by atoms with Gasteiger partial charge in [-0.1, -0.05) is 0 Å². The monoisotopic (exact) mass is 320 g/mol. The fourth-order valence-corrected chi connectivity index (χ4v) is 3.67. The van der Waals surface area contributed by atoms with Crippen LogP contribution in [0, 0.1) is 19.3 Å². The van der Waals surface area contributed by atoms with Gasteiger partial charge in [-0.15, -0.1) is 34.5 Å². The summed E-state index contributed by atoms with van der Waals surface area (Å²) in [7, 11) is 0. The van der Waals surface area contributed by atoms with E-state index in [1.165, 1.54) is 11.3 Å². The molecule has 1 fully saturated rings. The Kier molecular flexibility index (Phi) is 3.36. The molecule has 0 aromatic carbocycles.